The average Bonchev–Trinajstić information content (AvgIpc) is 3.72. The van der Waals surface area contributed by atoms with Crippen molar-refractivity contribution < 1.29 is 4.79 Å². The Labute approximate surface area is 246 Å². The summed E-state index contributed by atoms with van der Waals surface area (Å²) in [6.07, 6.45) is 7.60. The molecular weight excluding hydrogens is 540 g/mol. The zero-order valence-electron chi connectivity index (χ0n) is 23.4. The fourth-order valence-electron chi connectivity index (χ4n) is 6.75. The number of imidazole rings is 2. The molecule has 5 N–H and O–H groups in total. The number of aromatic nitrogens is 5. The van der Waals surface area contributed by atoms with Crippen LogP contribution in [0.4, 0.5) is 5.69 Å². The van der Waals surface area contributed by atoms with E-state index in [9.17, 15) is 9.59 Å². The van der Waals surface area contributed by atoms with Crippen LogP contribution < -0.4 is 16.6 Å². The fourth-order valence-corrected chi connectivity index (χ4v) is 6.75. The molecule has 6 heterocycles. The van der Waals surface area contributed by atoms with Crippen molar-refractivity contribution in [3.63, 3.8) is 0 Å². The number of carbonyl (C=O) groups is 1. The van der Waals surface area contributed by atoms with Gasteiger partial charge in [-0.15, -0.1) is 0 Å². The lowest BCUT2D eigenvalue weighted by Gasteiger charge is -2.45. The second-order valence-electron chi connectivity index (χ2n) is 11.5. The molecule has 3 aliphatic heterocycles. The van der Waals surface area contributed by atoms with Crippen LogP contribution in [0, 0.1) is 5.92 Å². The lowest BCUT2D eigenvalue weighted by Crippen LogP contribution is -2.53. The molecule has 0 aliphatic carbocycles. The molecule has 43 heavy (non-hydrogen) atoms. The zero-order valence-corrected chi connectivity index (χ0v) is 23.4. The third-order valence-corrected chi connectivity index (χ3v) is 9.01. The molecule has 3 saturated heterocycles. The van der Waals surface area contributed by atoms with Gasteiger partial charge in [-0.3, -0.25) is 9.59 Å². The highest BCUT2D eigenvalue weighted by Gasteiger charge is 2.35. The Balaban J connectivity index is 1.38. The molecule has 0 saturated carbocycles. The van der Waals surface area contributed by atoms with Crippen molar-refractivity contribution in [2.24, 2.45) is 11.7 Å². The molecule has 0 unspecified atom stereocenters. The van der Waals surface area contributed by atoms with Crippen molar-refractivity contribution in [3.8, 4) is 28.2 Å². The normalized spacial score (nSPS) is 19.7. The minimum Gasteiger partial charge on any atom is -0.379 e. The third kappa shape index (κ3) is 4.38. The largest absolute Gasteiger partial charge is 0.379 e. The number of H-pyrrole nitrogens is 2. The van der Waals surface area contributed by atoms with Crippen LogP contribution in [0.3, 0.4) is 0 Å². The number of hydrogen-bond acceptors (Lipinski definition) is 6. The van der Waals surface area contributed by atoms with Gasteiger partial charge in [0.05, 0.1) is 34.3 Å². The van der Waals surface area contributed by atoms with Gasteiger partial charge in [-0.05, 0) is 73.8 Å². The first-order valence-corrected chi connectivity index (χ1v) is 14.6. The quantitative estimate of drug-likeness (QED) is 0.232. The number of benzene rings is 3. The highest BCUT2D eigenvalue weighted by molar-refractivity contribution is 6.03. The van der Waals surface area contributed by atoms with E-state index in [-0.39, 0.29) is 11.6 Å². The predicted molar refractivity (Wildman–Crippen MR) is 167 cm³/mol. The van der Waals surface area contributed by atoms with Gasteiger partial charge in [0, 0.05) is 41.5 Å². The van der Waals surface area contributed by atoms with Crippen LogP contribution in [-0.4, -0.2) is 61.0 Å². The molecule has 9 rings (SSSR count). The SMILES string of the molecule is NC(=O)c1ccc(-c2cc3c(N[C@H]4CN5CCC4CC5)c(-c4nc5ccccc5[nH]4)c(=O)[nH]c3cc2-n2ccnc2)cc1. The summed E-state index contributed by atoms with van der Waals surface area (Å²) in [6, 6.07) is 19.4. The van der Waals surface area contributed by atoms with Gasteiger partial charge < -0.3 is 30.5 Å². The van der Waals surface area contributed by atoms with E-state index in [0.29, 0.717) is 28.4 Å². The Morgan fingerprint density at radius 2 is 1.81 bits per heavy atom. The minimum absolute atomic E-state index is 0.210. The van der Waals surface area contributed by atoms with Gasteiger partial charge in [0.15, 0.2) is 0 Å². The number of para-hydroxylation sites is 2. The first-order valence-electron chi connectivity index (χ1n) is 14.6. The van der Waals surface area contributed by atoms with E-state index in [0.717, 1.165) is 71.4 Å². The van der Waals surface area contributed by atoms with Crippen molar-refractivity contribution in [1.82, 2.24) is 29.4 Å². The number of pyridine rings is 1. The second kappa shape index (κ2) is 9.95. The average molecular weight is 571 g/mol. The Morgan fingerprint density at radius 3 is 2.51 bits per heavy atom. The molecule has 0 radical (unpaired) electrons. The predicted octanol–water partition coefficient (Wildman–Crippen LogP) is 4.53. The summed E-state index contributed by atoms with van der Waals surface area (Å²) in [7, 11) is 0. The number of piperidine rings is 3. The van der Waals surface area contributed by atoms with E-state index >= 15 is 0 Å². The number of rotatable bonds is 6. The maximum Gasteiger partial charge on any atom is 0.261 e. The number of primary amides is 1. The minimum atomic E-state index is -0.475. The number of amides is 1. The second-order valence-corrected chi connectivity index (χ2v) is 11.5. The van der Waals surface area contributed by atoms with Crippen LogP contribution >= 0.6 is 0 Å². The molecule has 3 aliphatic rings. The van der Waals surface area contributed by atoms with Gasteiger partial charge in [0.2, 0.25) is 5.91 Å². The van der Waals surface area contributed by atoms with Crippen LogP contribution in [0.5, 0.6) is 0 Å². The van der Waals surface area contributed by atoms with Crippen molar-refractivity contribution in [1.29, 1.82) is 0 Å². The zero-order chi connectivity index (χ0) is 29.1. The smallest absolute Gasteiger partial charge is 0.261 e. The van der Waals surface area contributed by atoms with Crippen LogP contribution in [0.2, 0.25) is 0 Å². The Bertz CT molecular complexity index is 2020. The number of aromatic amines is 2. The van der Waals surface area contributed by atoms with Crippen LogP contribution in [0.25, 0.3) is 50.1 Å². The number of carbonyl (C=O) groups excluding carboxylic acids is 1. The topological polar surface area (TPSA) is 138 Å². The third-order valence-electron chi connectivity index (χ3n) is 9.01. The summed E-state index contributed by atoms with van der Waals surface area (Å²) >= 11 is 0. The molecule has 6 aromatic rings. The van der Waals surface area contributed by atoms with Gasteiger partial charge in [-0.25, -0.2) is 9.97 Å². The van der Waals surface area contributed by atoms with Gasteiger partial charge >= 0.3 is 0 Å². The van der Waals surface area contributed by atoms with Crippen molar-refractivity contribution in [3.05, 3.63) is 95.3 Å². The van der Waals surface area contributed by atoms with E-state index in [1.807, 2.05) is 53.2 Å². The number of hydrogen-bond donors (Lipinski definition) is 4. The molecule has 10 heteroatoms. The Hall–Kier alpha value is -5.22. The maximum atomic E-state index is 14.0. The Kier molecular flexibility index (Phi) is 5.90. The summed E-state index contributed by atoms with van der Waals surface area (Å²) in [5, 5.41) is 4.74. The monoisotopic (exact) mass is 570 g/mol. The van der Waals surface area contributed by atoms with Gasteiger partial charge in [0.25, 0.3) is 5.56 Å². The lowest BCUT2D eigenvalue weighted by molar-refractivity contribution is 0.0976. The van der Waals surface area contributed by atoms with E-state index in [2.05, 4.69) is 31.2 Å². The van der Waals surface area contributed by atoms with Gasteiger partial charge in [-0.2, -0.15) is 0 Å². The van der Waals surface area contributed by atoms with E-state index in [1.54, 1.807) is 24.7 Å². The van der Waals surface area contributed by atoms with Crippen molar-refractivity contribution in [2.45, 2.75) is 18.9 Å². The summed E-state index contributed by atoms with van der Waals surface area (Å²) in [6.45, 7) is 3.18. The van der Waals surface area contributed by atoms with Crippen molar-refractivity contribution >= 4 is 33.5 Å². The van der Waals surface area contributed by atoms with Gasteiger partial charge in [0.1, 0.15) is 11.4 Å². The number of anilines is 1. The summed E-state index contributed by atoms with van der Waals surface area (Å²) in [4.78, 5) is 43.9. The molecule has 3 fully saturated rings. The molecule has 0 spiro atoms. The number of nitrogens with two attached hydrogens (primary N) is 1. The number of fused-ring (bicyclic) bond motifs is 5. The highest BCUT2D eigenvalue weighted by atomic mass is 16.1. The first-order chi connectivity index (χ1) is 21.0. The van der Waals surface area contributed by atoms with Crippen LogP contribution in [0.1, 0.15) is 23.2 Å². The maximum absolute atomic E-state index is 14.0. The fraction of sp³-hybridized carbons (Fsp3) is 0.212. The molecule has 3 aromatic carbocycles. The molecule has 1 amide bonds. The number of nitrogens with zero attached hydrogens (tertiary/aromatic N) is 4. The molecule has 2 bridgehead atoms. The Morgan fingerprint density at radius 1 is 1.00 bits per heavy atom. The summed E-state index contributed by atoms with van der Waals surface area (Å²) < 4.78 is 1.92. The summed E-state index contributed by atoms with van der Waals surface area (Å²) in [5.74, 6) is 0.588. The molecule has 214 valence electrons. The van der Waals surface area contributed by atoms with Crippen LogP contribution in [-0.2, 0) is 0 Å². The van der Waals surface area contributed by atoms with Crippen molar-refractivity contribution in [2.75, 3.05) is 25.0 Å². The molecule has 1 atom stereocenters. The van der Waals surface area contributed by atoms with Crippen LogP contribution in [0.15, 0.2) is 84.2 Å². The number of nitrogens with one attached hydrogen (secondary N) is 3. The molecular formula is C33H30N8O2. The van der Waals surface area contributed by atoms with E-state index in [1.165, 1.54) is 0 Å². The molecule has 10 nitrogen and oxygen atoms in total. The lowest BCUT2D eigenvalue weighted by atomic mass is 9.83. The van der Waals surface area contributed by atoms with E-state index in [4.69, 9.17) is 10.7 Å². The van der Waals surface area contributed by atoms with E-state index < -0.39 is 5.91 Å². The standard InChI is InChI=1S/C33H30N8O2/c34-31(42)21-7-5-19(6-8-21)22-15-23-26(16-28(22)41-14-11-35-18-41)39-33(43)29(32-37-24-3-1-2-4-25(24)38-32)30(23)36-27-17-40-12-9-20(27)10-13-40/h1-8,11,14-16,18,20,27H,9-10,12-13,17H2,(H2,34,42)(H,37,38)(H2,36,39,43)/t27-/m0/s1. The summed E-state index contributed by atoms with van der Waals surface area (Å²) in [5.41, 5.74) is 12.1. The van der Waals surface area contributed by atoms with Gasteiger partial charge in [-0.1, -0.05) is 24.3 Å². The first kappa shape index (κ1) is 25.5. The highest BCUT2D eigenvalue weighted by Crippen LogP contribution is 2.39. The molecule has 3 aromatic heterocycles.